The monoisotopic (exact) mass is 200 g/mol. The van der Waals surface area contributed by atoms with Crippen molar-refractivity contribution < 1.29 is 9.53 Å². The van der Waals surface area contributed by atoms with Crippen LogP contribution in [0.15, 0.2) is 12.2 Å². The van der Waals surface area contributed by atoms with E-state index in [2.05, 4.69) is 6.58 Å². The summed E-state index contributed by atoms with van der Waals surface area (Å²) in [6.07, 6.45) is 0.837. The zero-order valence-corrected chi connectivity index (χ0v) is 11.3. The van der Waals surface area contributed by atoms with Gasteiger partial charge in [-0.15, -0.1) is 0 Å². The summed E-state index contributed by atoms with van der Waals surface area (Å²) in [5.74, 6) is 0.0652. The van der Waals surface area contributed by atoms with E-state index in [0.29, 0.717) is 15.8 Å². The number of Topliss-reactive ketones (excluding diaryl/α,β-unsaturated/α-hetero) is 1. The number of ether oxygens (including phenoxy) is 1. The van der Waals surface area contributed by atoms with Crippen molar-refractivity contribution in [1.82, 2.24) is 0 Å². The molecule has 0 saturated carbocycles. The number of ketones is 1. The third kappa shape index (κ3) is 3.44. The topological polar surface area (TPSA) is 26.3 Å². The van der Waals surface area contributed by atoms with Crippen molar-refractivity contribution in [1.29, 1.82) is 0 Å². The Balaban J connectivity index is 4.62. The van der Waals surface area contributed by atoms with Crippen molar-refractivity contribution in [3.05, 3.63) is 12.2 Å². The molecule has 0 aliphatic heterocycles. The van der Waals surface area contributed by atoms with Crippen LogP contribution in [0.3, 0.4) is 0 Å². The Kier molecular flexibility index (Phi) is 4.57. The number of rotatable bonds is 5. The highest BCUT2D eigenvalue weighted by molar-refractivity contribution is 6.31. The summed E-state index contributed by atoms with van der Waals surface area (Å²) in [5.41, 5.74) is 0.595. The zero-order chi connectivity index (χ0) is 10.6. The van der Waals surface area contributed by atoms with E-state index in [1.165, 1.54) is 0 Å². The van der Waals surface area contributed by atoms with Gasteiger partial charge >= 0.3 is 0 Å². The molecule has 76 valence electrons. The molecule has 0 aromatic carbocycles. The SMILES string of the molecule is C=C(C)C(=O)C([SiH3])(CC)OC(C)C. The van der Waals surface area contributed by atoms with E-state index in [1.807, 2.05) is 20.8 Å². The first-order chi connectivity index (χ1) is 5.83. The standard InChI is InChI=1S/C10H20O2Si/c1-6-10(13,12-8(4)5)9(11)7(2)3/h8H,2,6H2,1,3-5,13H3. The molecule has 1 atom stereocenters. The van der Waals surface area contributed by atoms with Gasteiger partial charge in [-0.25, -0.2) is 0 Å². The predicted octanol–water partition coefficient (Wildman–Crippen LogP) is 1.03. The lowest BCUT2D eigenvalue weighted by molar-refractivity contribution is -0.134. The maximum atomic E-state index is 11.7. The van der Waals surface area contributed by atoms with E-state index in [4.69, 9.17) is 4.74 Å². The van der Waals surface area contributed by atoms with Gasteiger partial charge in [0.15, 0.2) is 5.78 Å². The van der Waals surface area contributed by atoms with Gasteiger partial charge in [-0.1, -0.05) is 13.5 Å². The van der Waals surface area contributed by atoms with E-state index in [-0.39, 0.29) is 11.9 Å². The van der Waals surface area contributed by atoms with E-state index < -0.39 is 5.22 Å². The van der Waals surface area contributed by atoms with Gasteiger partial charge in [-0.2, -0.15) is 0 Å². The van der Waals surface area contributed by atoms with Crippen molar-refractivity contribution in [2.75, 3.05) is 0 Å². The van der Waals surface area contributed by atoms with E-state index in [9.17, 15) is 4.79 Å². The second-order valence-electron chi connectivity index (χ2n) is 3.86. The fraction of sp³-hybridized carbons (Fsp3) is 0.700. The van der Waals surface area contributed by atoms with Crippen LogP contribution in [0.1, 0.15) is 34.1 Å². The molecular weight excluding hydrogens is 180 g/mol. The van der Waals surface area contributed by atoms with Gasteiger partial charge in [0, 0.05) is 0 Å². The van der Waals surface area contributed by atoms with Gasteiger partial charge in [-0.3, -0.25) is 4.79 Å². The molecule has 0 N–H and O–H groups in total. The van der Waals surface area contributed by atoms with Crippen LogP contribution in [0.5, 0.6) is 0 Å². The Morgan fingerprint density at radius 2 is 2.08 bits per heavy atom. The van der Waals surface area contributed by atoms with Crippen LogP contribution in [0.4, 0.5) is 0 Å². The average Bonchev–Trinajstić information content (AvgIpc) is 2.01. The quantitative estimate of drug-likeness (QED) is 0.489. The van der Waals surface area contributed by atoms with Crippen LogP contribution in [-0.2, 0) is 9.53 Å². The van der Waals surface area contributed by atoms with Crippen molar-refractivity contribution in [3.8, 4) is 0 Å². The van der Waals surface area contributed by atoms with Gasteiger partial charge in [0.1, 0.15) is 5.22 Å². The van der Waals surface area contributed by atoms with Gasteiger partial charge < -0.3 is 4.74 Å². The smallest absolute Gasteiger partial charge is 0.185 e. The third-order valence-corrected chi connectivity index (χ3v) is 3.44. The molecule has 1 unspecified atom stereocenters. The van der Waals surface area contributed by atoms with Gasteiger partial charge in [0.2, 0.25) is 0 Å². The van der Waals surface area contributed by atoms with E-state index in [0.717, 1.165) is 6.42 Å². The molecule has 0 aliphatic rings. The zero-order valence-electron chi connectivity index (χ0n) is 9.31. The summed E-state index contributed by atoms with van der Waals surface area (Å²) in [4.78, 5) is 11.7. The normalized spacial score (nSPS) is 15.8. The van der Waals surface area contributed by atoms with Crippen LogP contribution in [0.2, 0.25) is 0 Å². The van der Waals surface area contributed by atoms with E-state index >= 15 is 0 Å². The molecule has 0 spiro atoms. The molecule has 0 aromatic heterocycles. The molecular formula is C10H20O2Si. The van der Waals surface area contributed by atoms with Crippen LogP contribution in [0, 0.1) is 0 Å². The van der Waals surface area contributed by atoms with Gasteiger partial charge in [-0.05, 0) is 32.8 Å². The summed E-state index contributed by atoms with van der Waals surface area (Å²) in [5, 5.41) is -0.556. The van der Waals surface area contributed by atoms with Crippen LogP contribution in [-0.4, -0.2) is 27.4 Å². The Morgan fingerprint density at radius 1 is 1.62 bits per heavy atom. The molecule has 0 aliphatic carbocycles. The first-order valence-corrected chi connectivity index (χ1v) is 5.71. The predicted molar refractivity (Wildman–Crippen MR) is 59.0 cm³/mol. The minimum absolute atomic E-state index is 0.0652. The maximum Gasteiger partial charge on any atom is 0.185 e. The summed E-state index contributed by atoms with van der Waals surface area (Å²) in [6.45, 7) is 11.3. The molecule has 0 fully saturated rings. The molecule has 0 aromatic rings. The molecule has 0 bridgehead atoms. The lowest BCUT2D eigenvalue weighted by Gasteiger charge is -2.29. The number of carbonyl (C=O) groups is 1. The van der Waals surface area contributed by atoms with Crippen molar-refractivity contribution >= 4 is 16.0 Å². The first-order valence-electron chi connectivity index (χ1n) is 4.71. The Morgan fingerprint density at radius 3 is 2.31 bits per heavy atom. The highest BCUT2D eigenvalue weighted by Gasteiger charge is 2.32. The molecule has 0 amide bonds. The van der Waals surface area contributed by atoms with Gasteiger partial charge in [0.05, 0.1) is 16.3 Å². The third-order valence-electron chi connectivity index (χ3n) is 2.04. The number of hydrogen-bond donors (Lipinski definition) is 0. The second kappa shape index (κ2) is 4.72. The first kappa shape index (κ1) is 12.6. The summed E-state index contributed by atoms with van der Waals surface area (Å²) in [7, 11) is 0.716. The molecule has 0 rings (SSSR count). The molecule has 0 radical (unpaired) electrons. The number of carbonyl (C=O) groups excluding carboxylic acids is 1. The summed E-state index contributed by atoms with van der Waals surface area (Å²) in [6, 6.07) is 0. The van der Waals surface area contributed by atoms with Crippen LogP contribution >= 0.6 is 0 Å². The Labute approximate surface area is 83.8 Å². The maximum absolute atomic E-state index is 11.7. The van der Waals surface area contributed by atoms with Crippen molar-refractivity contribution in [2.24, 2.45) is 0 Å². The highest BCUT2D eigenvalue weighted by Crippen LogP contribution is 2.18. The average molecular weight is 200 g/mol. The molecule has 13 heavy (non-hydrogen) atoms. The van der Waals surface area contributed by atoms with Crippen LogP contribution in [0.25, 0.3) is 0 Å². The molecule has 2 nitrogen and oxygen atoms in total. The minimum atomic E-state index is -0.556. The number of hydrogen-bond acceptors (Lipinski definition) is 2. The Bertz CT molecular complexity index is 211. The van der Waals surface area contributed by atoms with Crippen molar-refractivity contribution in [2.45, 2.75) is 45.4 Å². The fourth-order valence-corrected chi connectivity index (χ4v) is 2.17. The largest absolute Gasteiger partial charge is 0.369 e. The molecule has 3 heteroatoms. The lowest BCUT2D eigenvalue weighted by atomic mass is 10.1. The summed E-state index contributed by atoms with van der Waals surface area (Å²) < 4.78 is 5.66. The van der Waals surface area contributed by atoms with Gasteiger partial charge in [0.25, 0.3) is 0 Å². The minimum Gasteiger partial charge on any atom is -0.369 e. The fourth-order valence-electron chi connectivity index (χ4n) is 1.27. The van der Waals surface area contributed by atoms with Crippen molar-refractivity contribution in [3.63, 3.8) is 0 Å². The summed E-state index contributed by atoms with van der Waals surface area (Å²) >= 11 is 0. The molecule has 0 saturated heterocycles. The second-order valence-corrected chi connectivity index (χ2v) is 5.48. The Hall–Kier alpha value is -0.413. The lowest BCUT2D eigenvalue weighted by Crippen LogP contribution is -2.43. The van der Waals surface area contributed by atoms with E-state index in [1.54, 1.807) is 6.92 Å². The highest BCUT2D eigenvalue weighted by atomic mass is 28.1. The molecule has 0 heterocycles. The van der Waals surface area contributed by atoms with Crippen LogP contribution < -0.4 is 0 Å².